The average molecular weight is 357 g/mol. The lowest BCUT2D eigenvalue weighted by atomic mass is 9.89. The summed E-state index contributed by atoms with van der Waals surface area (Å²) in [5.74, 6) is 0.768. The van der Waals surface area contributed by atoms with Gasteiger partial charge in [0.25, 0.3) is 0 Å². The van der Waals surface area contributed by atoms with Crippen molar-refractivity contribution in [3.05, 3.63) is 35.9 Å². The first kappa shape index (κ1) is 17.7. The van der Waals surface area contributed by atoms with Gasteiger partial charge in [0.2, 0.25) is 0 Å². The van der Waals surface area contributed by atoms with E-state index in [0.717, 1.165) is 81.2 Å². The minimum Gasteiger partial charge on any atom is -0.392 e. The van der Waals surface area contributed by atoms with Crippen LogP contribution in [0.3, 0.4) is 0 Å². The summed E-state index contributed by atoms with van der Waals surface area (Å²) in [5, 5.41) is 14.4. The van der Waals surface area contributed by atoms with Crippen molar-refractivity contribution in [2.24, 2.45) is 0 Å². The molecule has 0 radical (unpaired) electrons. The maximum atomic E-state index is 9.80. The van der Waals surface area contributed by atoms with Gasteiger partial charge in [-0.1, -0.05) is 18.2 Å². The van der Waals surface area contributed by atoms with Gasteiger partial charge in [-0.05, 0) is 25.0 Å². The molecule has 1 unspecified atom stereocenters. The number of para-hydroxylation sites is 1. The minimum atomic E-state index is -0.0396. The van der Waals surface area contributed by atoms with E-state index in [4.69, 9.17) is 14.5 Å². The number of nitrogens with one attached hydrogen (secondary N) is 1. The van der Waals surface area contributed by atoms with Crippen molar-refractivity contribution in [1.29, 1.82) is 0 Å². The summed E-state index contributed by atoms with van der Waals surface area (Å²) in [6.07, 6.45) is 2.17. The number of ether oxygens (including phenoxy) is 2. The highest BCUT2D eigenvalue weighted by Gasteiger charge is 2.39. The van der Waals surface area contributed by atoms with Crippen LogP contribution in [-0.4, -0.2) is 66.6 Å². The second-order valence-electron chi connectivity index (χ2n) is 7.18. The van der Waals surface area contributed by atoms with Gasteiger partial charge in [0, 0.05) is 37.2 Å². The third kappa shape index (κ3) is 3.55. The van der Waals surface area contributed by atoms with E-state index in [9.17, 15) is 5.11 Å². The molecule has 1 atom stereocenters. The van der Waals surface area contributed by atoms with E-state index in [2.05, 4.69) is 10.2 Å². The molecular formula is C20H27N3O3. The lowest BCUT2D eigenvalue weighted by Crippen LogP contribution is -2.61. The molecule has 6 nitrogen and oxygen atoms in total. The van der Waals surface area contributed by atoms with Gasteiger partial charge < -0.3 is 19.9 Å². The average Bonchev–Trinajstić information content (AvgIpc) is 2.73. The molecule has 0 bridgehead atoms. The standard InChI is InChI=1S/C20H27N3O3/c24-13-17-12-16-4-1-2-5-18(16)22-19(17)21-14-20(6-3-9-26-15-20)23-7-10-25-11-8-23/h1-2,4-5,12,24H,3,6-11,13-15H2,(H,21,22). The Morgan fingerprint density at radius 3 is 2.77 bits per heavy atom. The molecule has 2 fully saturated rings. The fourth-order valence-corrected chi connectivity index (χ4v) is 4.06. The predicted octanol–water partition coefficient (Wildman–Crippen LogP) is 2.02. The number of pyridine rings is 1. The number of rotatable bonds is 5. The number of hydrogen-bond donors (Lipinski definition) is 2. The second kappa shape index (κ2) is 7.88. The number of aliphatic hydroxyl groups is 1. The van der Waals surface area contributed by atoms with Gasteiger partial charge in [0.1, 0.15) is 5.82 Å². The van der Waals surface area contributed by atoms with Gasteiger partial charge in [-0.15, -0.1) is 0 Å². The minimum absolute atomic E-state index is 0.0266. The first-order valence-corrected chi connectivity index (χ1v) is 9.45. The smallest absolute Gasteiger partial charge is 0.132 e. The number of hydrogen-bond acceptors (Lipinski definition) is 6. The first-order valence-electron chi connectivity index (χ1n) is 9.45. The summed E-state index contributed by atoms with van der Waals surface area (Å²) in [6.45, 7) is 5.71. The van der Waals surface area contributed by atoms with E-state index >= 15 is 0 Å². The number of morpholine rings is 1. The topological polar surface area (TPSA) is 66.9 Å². The van der Waals surface area contributed by atoms with Crippen LogP contribution in [0.15, 0.2) is 30.3 Å². The van der Waals surface area contributed by atoms with Gasteiger partial charge in [-0.3, -0.25) is 4.90 Å². The summed E-state index contributed by atoms with van der Waals surface area (Å²) in [4.78, 5) is 7.25. The van der Waals surface area contributed by atoms with Crippen LogP contribution in [0, 0.1) is 0 Å². The van der Waals surface area contributed by atoms with E-state index in [1.165, 1.54) is 0 Å². The van der Waals surface area contributed by atoms with Crippen LogP contribution in [0.1, 0.15) is 18.4 Å². The van der Waals surface area contributed by atoms with Crippen molar-refractivity contribution in [2.45, 2.75) is 25.0 Å². The zero-order valence-electron chi connectivity index (χ0n) is 15.1. The normalized spacial score (nSPS) is 24.7. The maximum Gasteiger partial charge on any atom is 0.132 e. The van der Waals surface area contributed by atoms with Crippen LogP contribution in [0.5, 0.6) is 0 Å². The highest BCUT2D eigenvalue weighted by Crippen LogP contribution is 2.29. The van der Waals surface area contributed by atoms with E-state index in [1.54, 1.807) is 0 Å². The molecule has 1 aromatic heterocycles. The summed E-state index contributed by atoms with van der Waals surface area (Å²) < 4.78 is 11.4. The molecule has 0 spiro atoms. The van der Waals surface area contributed by atoms with Crippen LogP contribution in [0.4, 0.5) is 5.82 Å². The molecule has 1 aromatic carbocycles. The van der Waals surface area contributed by atoms with Crippen molar-refractivity contribution in [3.8, 4) is 0 Å². The lowest BCUT2D eigenvalue weighted by Gasteiger charge is -2.47. The number of benzene rings is 1. The van der Waals surface area contributed by atoms with Crippen LogP contribution in [-0.2, 0) is 16.1 Å². The third-order valence-corrected chi connectivity index (χ3v) is 5.54. The second-order valence-corrected chi connectivity index (χ2v) is 7.18. The Hall–Kier alpha value is -1.73. The van der Waals surface area contributed by atoms with E-state index in [1.807, 2.05) is 30.3 Å². The maximum absolute atomic E-state index is 9.80. The molecule has 2 aliphatic heterocycles. The van der Waals surface area contributed by atoms with Gasteiger partial charge in [0.15, 0.2) is 0 Å². The molecule has 0 aliphatic carbocycles. The summed E-state index contributed by atoms with van der Waals surface area (Å²) in [5.41, 5.74) is 1.73. The van der Waals surface area contributed by atoms with Gasteiger partial charge >= 0.3 is 0 Å². The Balaban J connectivity index is 1.58. The monoisotopic (exact) mass is 357 g/mol. The quantitative estimate of drug-likeness (QED) is 0.853. The van der Waals surface area contributed by atoms with E-state index in [0.29, 0.717) is 0 Å². The number of aromatic nitrogens is 1. The van der Waals surface area contributed by atoms with Gasteiger partial charge in [-0.2, -0.15) is 0 Å². The highest BCUT2D eigenvalue weighted by atomic mass is 16.5. The Morgan fingerprint density at radius 2 is 2.00 bits per heavy atom. The van der Waals surface area contributed by atoms with E-state index in [-0.39, 0.29) is 12.1 Å². The number of nitrogens with zero attached hydrogens (tertiary/aromatic N) is 2. The fourth-order valence-electron chi connectivity index (χ4n) is 4.06. The van der Waals surface area contributed by atoms with Crippen molar-refractivity contribution < 1.29 is 14.6 Å². The van der Waals surface area contributed by atoms with E-state index < -0.39 is 0 Å². The van der Waals surface area contributed by atoms with Crippen LogP contribution < -0.4 is 5.32 Å². The highest BCUT2D eigenvalue weighted by molar-refractivity contribution is 5.81. The van der Waals surface area contributed by atoms with Crippen LogP contribution >= 0.6 is 0 Å². The molecule has 3 heterocycles. The van der Waals surface area contributed by atoms with Gasteiger partial charge in [-0.25, -0.2) is 4.98 Å². The lowest BCUT2D eigenvalue weighted by molar-refractivity contribution is -0.0800. The van der Waals surface area contributed by atoms with Crippen LogP contribution in [0.2, 0.25) is 0 Å². The van der Waals surface area contributed by atoms with Crippen molar-refractivity contribution in [1.82, 2.24) is 9.88 Å². The predicted molar refractivity (Wildman–Crippen MR) is 101 cm³/mol. The molecular weight excluding hydrogens is 330 g/mol. The Bertz CT molecular complexity index is 740. The number of fused-ring (bicyclic) bond motifs is 1. The van der Waals surface area contributed by atoms with Crippen molar-refractivity contribution >= 4 is 16.7 Å². The zero-order valence-corrected chi connectivity index (χ0v) is 15.1. The summed E-state index contributed by atoms with van der Waals surface area (Å²) in [6, 6.07) is 10.0. The summed E-state index contributed by atoms with van der Waals surface area (Å²) >= 11 is 0. The molecule has 2 aliphatic rings. The molecule has 140 valence electrons. The largest absolute Gasteiger partial charge is 0.392 e. The molecule has 2 N–H and O–H groups in total. The molecule has 26 heavy (non-hydrogen) atoms. The van der Waals surface area contributed by atoms with Crippen LogP contribution in [0.25, 0.3) is 10.9 Å². The van der Waals surface area contributed by atoms with Crippen molar-refractivity contribution in [3.63, 3.8) is 0 Å². The SMILES string of the molecule is OCc1cc2ccccc2nc1NCC1(N2CCOCC2)CCCOC1. The molecule has 2 aromatic rings. The fraction of sp³-hybridized carbons (Fsp3) is 0.550. The number of aliphatic hydroxyl groups excluding tert-OH is 1. The molecule has 2 saturated heterocycles. The molecule has 0 amide bonds. The Kier molecular flexibility index (Phi) is 5.36. The first-order chi connectivity index (χ1) is 12.8. The van der Waals surface area contributed by atoms with Crippen molar-refractivity contribution in [2.75, 3.05) is 51.4 Å². The molecule has 6 heteroatoms. The third-order valence-electron chi connectivity index (χ3n) is 5.54. The molecule has 0 saturated carbocycles. The Morgan fingerprint density at radius 1 is 1.15 bits per heavy atom. The van der Waals surface area contributed by atoms with Gasteiger partial charge in [0.05, 0.1) is 37.5 Å². The molecule has 4 rings (SSSR count). The summed E-state index contributed by atoms with van der Waals surface area (Å²) in [7, 11) is 0. The Labute approximate surface area is 154 Å². The number of anilines is 1. The zero-order chi connectivity index (χ0) is 17.8.